The van der Waals surface area contributed by atoms with E-state index in [1.54, 1.807) is 18.3 Å². The molecule has 0 fully saturated rings. The van der Waals surface area contributed by atoms with Gasteiger partial charge in [-0.25, -0.2) is 14.4 Å². The summed E-state index contributed by atoms with van der Waals surface area (Å²) in [6, 6.07) is 8.31. The van der Waals surface area contributed by atoms with E-state index in [9.17, 15) is 4.39 Å². The number of hydrogen-bond acceptors (Lipinski definition) is 3. The maximum absolute atomic E-state index is 14.0. The first-order valence-corrected chi connectivity index (χ1v) is 6.08. The molecule has 0 atom stereocenters. The van der Waals surface area contributed by atoms with Gasteiger partial charge in [-0.05, 0) is 31.2 Å². The highest BCUT2D eigenvalue weighted by Gasteiger charge is 2.17. The summed E-state index contributed by atoms with van der Waals surface area (Å²) in [5.41, 5.74) is 8.08. The number of nitrogens with two attached hydrogens (primary N) is 1. The summed E-state index contributed by atoms with van der Waals surface area (Å²) in [6.07, 6.45) is 1.70. The van der Waals surface area contributed by atoms with Crippen LogP contribution in [0.2, 0.25) is 0 Å². The number of rotatable bonds is 2. The molecule has 2 heterocycles. The van der Waals surface area contributed by atoms with E-state index < -0.39 is 0 Å². The number of nitrogens with zero attached hydrogens (tertiary/aromatic N) is 3. The molecule has 0 saturated carbocycles. The van der Waals surface area contributed by atoms with Crippen molar-refractivity contribution in [3.8, 4) is 11.4 Å². The van der Waals surface area contributed by atoms with E-state index in [0.717, 1.165) is 11.2 Å². The summed E-state index contributed by atoms with van der Waals surface area (Å²) in [6.45, 7) is 2.62. The van der Waals surface area contributed by atoms with E-state index in [-0.39, 0.29) is 5.82 Å². The van der Waals surface area contributed by atoms with Gasteiger partial charge in [0.1, 0.15) is 17.2 Å². The van der Waals surface area contributed by atoms with Gasteiger partial charge in [-0.15, -0.1) is 0 Å². The molecule has 0 aliphatic carbocycles. The van der Waals surface area contributed by atoms with Crippen molar-refractivity contribution in [1.82, 2.24) is 14.5 Å². The van der Waals surface area contributed by atoms with Crippen LogP contribution in [-0.4, -0.2) is 14.5 Å². The Morgan fingerprint density at radius 3 is 2.84 bits per heavy atom. The molecule has 0 aliphatic heterocycles. The highest BCUT2D eigenvalue weighted by molar-refractivity contribution is 5.81. The second-order valence-corrected chi connectivity index (χ2v) is 4.23. The monoisotopic (exact) mass is 256 g/mol. The normalized spacial score (nSPS) is 11.1. The van der Waals surface area contributed by atoms with Crippen LogP contribution >= 0.6 is 0 Å². The van der Waals surface area contributed by atoms with Crippen LogP contribution in [0.5, 0.6) is 0 Å². The molecule has 0 amide bonds. The zero-order valence-corrected chi connectivity index (χ0v) is 10.5. The Morgan fingerprint density at radius 1 is 1.26 bits per heavy atom. The van der Waals surface area contributed by atoms with Crippen molar-refractivity contribution in [2.24, 2.45) is 0 Å². The van der Waals surface area contributed by atoms with Crippen molar-refractivity contribution in [3.05, 3.63) is 42.3 Å². The SMILES string of the molecule is CCn1c(-c2c(N)cccc2F)nc2cccnc21. The Kier molecular flexibility index (Phi) is 2.67. The molecular weight excluding hydrogens is 243 g/mol. The van der Waals surface area contributed by atoms with Crippen LogP contribution in [0, 0.1) is 5.82 Å². The molecule has 96 valence electrons. The fourth-order valence-corrected chi connectivity index (χ4v) is 2.23. The van der Waals surface area contributed by atoms with Crippen molar-refractivity contribution >= 4 is 16.9 Å². The summed E-state index contributed by atoms with van der Waals surface area (Å²) < 4.78 is 15.9. The molecule has 0 spiro atoms. The van der Waals surface area contributed by atoms with E-state index in [1.165, 1.54) is 6.07 Å². The standard InChI is InChI=1S/C14H13FN4/c1-2-19-13-11(7-4-8-17-13)18-14(19)12-9(15)5-3-6-10(12)16/h3-8H,2,16H2,1H3. The van der Waals surface area contributed by atoms with Gasteiger partial charge in [0.15, 0.2) is 5.65 Å². The highest BCUT2D eigenvalue weighted by atomic mass is 19.1. The lowest BCUT2D eigenvalue weighted by atomic mass is 10.1. The predicted molar refractivity (Wildman–Crippen MR) is 73.0 cm³/mol. The summed E-state index contributed by atoms with van der Waals surface area (Å²) in [4.78, 5) is 8.75. The van der Waals surface area contributed by atoms with Gasteiger partial charge in [-0.1, -0.05) is 6.07 Å². The number of aryl methyl sites for hydroxylation is 1. The van der Waals surface area contributed by atoms with Gasteiger partial charge >= 0.3 is 0 Å². The number of fused-ring (bicyclic) bond motifs is 1. The fourth-order valence-electron chi connectivity index (χ4n) is 2.23. The molecule has 2 aromatic heterocycles. The van der Waals surface area contributed by atoms with Crippen LogP contribution < -0.4 is 5.73 Å². The topological polar surface area (TPSA) is 56.7 Å². The van der Waals surface area contributed by atoms with Crippen LogP contribution in [0.25, 0.3) is 22.6 Å². The number of hydrogen-bond donors (Lipinski definition) is 1. The van der Waals surface area contributed by atoms with E-state index in [2.05, 4.69) is 9.97 Å². The molecule has 0 radical (unpaired) electrons. The predicted octanol–water partition coefficient (Wildman–Crippen LogP) is 2.84. The number of nitrogen functional groups attached to an aromatic ring is 1. The minimum absolute atomic E-state index is 0.336. The van der Waals surface area contributed by atoms with Gasteiger partial charge in [-0.2, -0.15) is 0 Å². The minimum atomic E-state index is -0.370. The van der Waals surface area contributed by atoms with Crippen LogP contribution in [0.3, 0.4) is 0 Å². The smallest absolute Gasteiger partial charge is 0.160 e. The Balaban J connectivity index is 2.37. The number of halogens is 1. The highest BCUT2D eigenvalue weighted by Crippen LogP contribution is 2.30. The molecule has 3 aromatic rings. The second kappa shape index (κ2) is 4.35. The maximum Gasteiger partial charge on any atom is 0.160 e. The molecule has 0 unspecified atom stereocenters. The van der Waals surface area contributed by atoms with Crippen molar-refractivity contribution in [2.45, 2.75) is 13.5 Å². The Hall–Kier alpha value is -2.43. The van der Waals surface area contributed by atoms with Crippen LogP contribution in [0.4, 0.5) is 10.1 Å². The number of aromatic nitrogens is 3. The lowest BCUT2D eigenvalue weighted by Gasteiger charge is -2.08. The summed E-state index contributed by atoms with van der Waals surface area (Å²) in [5, 5.41) is 0. The maximum atomic E-state index is 14.0. The first kappa shape index (κ1) is 11.6. The van der Waals surface area contributed by atoms with Gasteiger partial charge in [-0.3, -0.25) is 0 Å². The molecule has 1 aromatic carbocycles. The van der Waals surface area contributed by atoms with Crippen molar-refractivity contribution in [1.29, 1.82) is 0 Å². The first-order chi connectivity index (χ1) is 9.22. The number of anilines is 1. The van der Waals surface area contributed by atoms with Gasteiger partial charge < -0.3 is 10.3 Å². The van der Waals surface area contributed by atoms with E-state index in [0.29, 0.717) is 23.6 Å². The van der Waals surface area contributed by atoms with Gasteiger partial charge in [0, 0.05) is 18.4 Å². The molecular formula is C14H13FN4. The Labute approximate surface area is 109 Å². The summed E-state index contributed by atoms with van der Waals surface area (Å²) in [5.74, 6) is 0.150. The van der Waals surface area contributed by atoms with Crippen molar-refractivity contribution in [2.75, 3.05) is 5.73 Å². The van der Waals surface area contributed by atoms with Gasteiger partial charge in [0.25, 0.3) is 0 Å². The molecule has 3 rings (SSSR count). The zero-order chi connectivity index (χ0) is 13.4. The van der Waals surface area contributed by atoms with Gasteiger partial charge in [0.05, 0.1) is 5.56 Å². The molecule has 0 saturated heterocycles. The van der Waals surface area contributed by atoms with Crippen LogP contribution in [0.15, 0.2) is 36.5 Å². The fraction of sp³-hybridized carbons (Fsp3) is 0.143. The van der Waals surface area contributed by atoms with Crippen molar-refractivity contribution < 1.29 is 4.39 Å². The van der Waals surface area contributed by atoms with E-state index in [1.807, 2.05) is 23.6 Å². The number of benzene rings is 1. The van der Waals surface area contributed by atoms with E-state index in [4.69, 9.17) is 5.73 Å². The lowest BCUT2D eigenvalue weighted by molar-refractivity contribution is 0.628. The third-order valence-corrected chi connectivity index (χ3v) is 3.09. The third kappa shape index (κ3) is 1.74. The number of pyridine rings is 1. The average Bonchev–Trinajstić information content (AvgIpc) is 2.76. The van der Waals surface area contributed by atoms with Crippen molar-refractivity contribution in [3.63, 3.8) is 0 Å². The van der Waals surface area contributed by atoms with Crippen LogP contribution in [-0.2, 0) is 6.54 Å². The first-order valence-electron chi connectivity index (χ1n) is 6.08. The Bertz CT molecular complexity index is 728. The molecule has 5 heteroatoms. The lowest BCUT2D eigenvalue weighted by Crippen LogP contribution is -2.02. The average molecular weight is 256 g/mol. The van der Waals surface area contributed by atoms with Gasteiger partial charge in [0.2, 0.25) is 0 Å². The zero-order valence-electron chi connectivity index (χ0n) is 10.5. The molecule has 19 heavy (non-hydrogen) atoms. The summed E-state index contributed by atoms with van der Waals surface area (Å²) in [7, 11) is 0. The quantitative estimate of drug-likeness (QED) is 0.717. The van der Waals surface area contributed by atoms with Crippen LogP contribution in [0.1, 0.15) is 6.92 Å². The molecule has 4 nitrogen and oxygen atoms in total. The Morgan fingerprint density at radius 2 is 2.11 bits per heavy atom. The largest absolute Gasteiger partial charge is 0.398 e. The molecule has 0 aliphatic rings. The molecule has 0 bridgehead atoms. The second-order valence-electron chi connectivity index (χ2n) is 4.23. The molecule has 2 N–H and O–H groups in total. The third-order valence-electron chi connectivity index (χ3n) is 3.09. The number of imidazole rings is 1. The van der Waals surface area contributed by atoms with E-state index >= 15 is 0 Å². The summed E-state index contributed by atoms with van der Waals surface area (Å²) >= 11 is 0. The minimum Gasteiger partial charge on any atom is -0.398 e.